The first-order valence-electron chi connectivity index (χ1n) is 22.2. The molecule has 10 heteroatoms. The first kappa shape index (κ1) is 47.8. The summed E-state index contributed by atoms with van der Waals surface area (Å²) in [7, 11) is 1.29. The first-order valence-corrected chi connectivity index (χ1v) is 22.2. The third-order valence-electron chi connectivity index (χ3n) is 13.1. The molecule has 5 atom stereocenters. The number of rotatable bonds is 18. The maximum Gasteiger partial charge on any atom is 2.00 e. The van der Waals surface area contributed by atoms with E-state index in [0.717, 1.165) is 75.6 Å². The molecule has 322 valence electrons. The van der Waals surface area contributed by atoms with Crippen LogP contribution in [0.2, 0.25) is 0 Å². The molecule has 0 spiro atoms. The number of ketones is 1. The van der Waals surface area contributed by atoms with Gasteiger partial charge in [0.1, 0.15) is 12.5 Å². The second-order valence-corrected chi connectivity index (χ2v) is 17.5. The number of carbonyl (C=O) groups excluding carboxylic acids is 3. The van der Waals surface area contributed by atoms with Crippen LogP contribution in [0.4, 0.5) is 0 Å². The molecule has 0 amide bonds. The van der Waals surface area contributed by atoms with E-state index in [0.29, 0.717) is 40.2 Å². The molecule has 8 bridgehead atoms. The van der Waals surface area contributed by atoms with Gasteiger partial charge in [-0.25, -0.2) is 0 Å². The van der Waals surface area contributed by atoms with Crippen LogP contribution in [0.3, 0.4) is 0 Å². The molecule has 3 aliphatic rings. The van der Waals surface area contributed by atoms with Gasteiger partial charge in [-0.05, 0) is 81.8 Å². The fourth-order valence-corrected chi connectivity index (χ4v) is 9.35. The molecule has 9 nitrogen and oxygen atoms in total. The molecule has 5 heterocycles. The number of aromatic nitrogens is 3. The Morgan fingerprint density at radius 2 is 1.62 bits per heavy atom. The number of allylic oxidation sites excluding steroid dienone is 3. The average molecular weight is 837 g/mol. The number of hydrogen-bond donors (Lipinski definition) is 0. The molecule has 0 aromatic carbocycles. The Balaban J connectivity index is 0.00000704. The zero-order valence-corrected chi connectivity index (χ0v) is 39.5. The van der Waals surface area contributed by atoms with Gasteiger partial charge in [0, 0.05) is 12.0 Å². The van der Waals surface area contributed by atoms with Crippen molar-refractivity contribution in [3.8, 4) is 0 Å². The van der Waals surface area contributed by atoms with Crippen molar-refractivity contribution in [3.05, 3.63) is 102 Å². The number of methoxy groups -OCH3 is 1. The van der Waals surface area contributed by atoms with E-state index in [1.54, 1.807) is 0 Å². The number of ether oxygens (including phenoxy) is 2. The molecule has 0 N–H and O–H groups in total. The molecule has 1 aliphatic carbocycles. The molecule has 3 aromatic rings. The topological polar surface area (TPSA) is 126 Å². The summed E-state index contributed by atoms with van der Waals surface area (Å²) in [5.74, 6) is -1.49. The summed E-state index contributed by atoms with van der Waals surface area (Å²) >= 11 is 0. The second kappa shape index (κ2) is 21.2. The maximum absolute atomic E-state index is 14.3. The van der Waals surface area contributed by atoms with Crippen LogP contribution in [0.15, 0.2) is 35.7 Å². The van der Waals surface area contributed by atoms with Crippen LogP contribution in [-0.4, -0.2) is 54.5 Å². The fourth-order valence-electron chi connectivity index (χ4n) is 9.35. The van der Waals surface area contributed by atoms with E-state index >= 15 is 0 Å². The van der Waals surface area contributed by atoms with Gasteiger partial charge >= 0.3 is 35.0 Å². The van der Waals surface area contributed by atoms with Gasteiger partial charge in [-0.3, -0.25) is 14.4 Å². The van der Waals surface area contributed by atoms with Crippen molar-refractivity contribution >= 4 is 70.7 Å². The number of carbonyl (C=O) groups is 3. The van der Waals surface area contributed by atoms with Crippen LogP contribution >= 0.6 is 0 Å². The second-order valence-electron chi connectivity index (χ2n) is 17.5. The monoisotopic (exact) mass is 836 g/mol. The average Bonchev–Trinajstić information content (AvgIpc) is 3.98. The molecule has 61 heavy (non-hydrogen) atoms. The largest absolute Gasteiger partial charge is 2.00 e. The van der Waals surface area contributed by atoms with Crippen LogP contribution < -0.4 is 25.7 Å². The Kier molecular flexibility index (Phi) is 16.6. The molecule has 0 unspecified atom stereocenters. The predicted octanol–water partition coefficient (Wildman–Crippen LogP) is 9.03. The van der Waals surface area contributed by atoms with Crippen LogP contribution in [0, 0.1) is 43.4 Å². The maximum atomic E-state index is 14.3. The Labute approximate surface area is 379 Å². The number of fused-ring (bicyclic) bond motifs is 7. The minimum absolute atomic E-state index is 0. The Bertz CT molecular complexity index is 2330. The van der Waals surface area contributed by atoms with Crippen molar-refractivity contribution in [1.29, 1.82) is 0 Å². The van der Waals surface area contributed by atoms with Crippen molar-refractivity contribution < 1.29 is 23.9 Å². The minimum Gasteiger partial charge on any atom is -0.664 e. The van der Waals surface area contributed by atoms with E-state index in [4.69, 9.17) is 29.7 Å². The minimum atomic E-state index is -1.22. The molecule has 0 saturated carbocycles. The summed E-state index contributed by atoms with van der Waals surface area (Å²) in [5, 5.41) is 6.75. The number of esters is 2. The van der Waals surface area contributed by atoms with Gasteiger partial charge in [-0.15, -0.1) is 33.5 Å². The smallest absolute Gasteiger partial charge is 0.664 e. The molecular weight excluding hydrogens is 773 g/mol. The van der Waals surface area contributed by atoms with Crippen molar-refractivity contribution in [1.82, 2.24) is 15.0 Å². The summed E-state index contributed by atoms with van der Waals surface area (Å²) in [6.45, 7) is 21.5. The first-order chi connectivity index (χ1) is 28.8. The van der Waals surface area contributed by atoms with E-state index in [-0.39, 0.29) is 59.7 Å². The van der Waals surface area contributed by atoms with Gasteiger partial charge in [0.25, 0.3) is 0 Å². The van der Waals surface area contributed by atoms with E-state index < -0.39 is 11.9 Å². The summed E-state index contributed by atoms with van der Waals surface area (Å²) < 4.78 is 11.0. The van der Waals surface area contributed by atoms with Crippen molar-refractivity contribution in [2.75, 3.05) is 13.7 Å². The van der Waals surface area contributed by atoms with Gasteiger partial charge in [0.05, 0.1) is 7.11 Å². The normalized spacial score (nSPS) is 22.2. The van der Waals surface area contributed by atoms with Crippen molar-refractivity contribution in [2.24, 2.45) is 29.6 Å². The van der Waals surface area contributed by atoms with Crippen molar-refractivity contribution in [2.45, 2.75) is 126 Å². The zero-order valence-electron chi connectivity index (χ0n) is 38.1. The molecule has 1 fully saturated rings. The Morgan fingerprint density at radius 3 is 2.31 bits per heavy atom. The SMILES string of the molecule is C=Cc1c2[n-]c(c1C)/C=C1\[N-]/C(=C3\c4[n-]c(c(C)c4C(=O)[C@@H]3C(=O)OC)/C=c3\[n-]/c(cc3CC)=C\2)[C@@H](CCC(=O)OC/C=C(/C)CCC[C@H](C)CCC[C@H](C)CCC)[C@@H]1C.[Mg+2]. The van der Waals surface area contributed by atoms with E-state index in [2.05, 4.69) is 54.2 Å². The Morgan fingerprint density at radius 1 is 0.918 bits per heavy atom. The summed E-state index contributed by atoms with van der Waals surface area (Å²) in [6, 6.07) is 2.06. The predicted molar refractivity (Wildman–Crippen MR) is 246 cm³/mol. The van der Waals surface area contributed by atoms with E-state index in [1.165, 1.54) is 51.2 Å². The molecule has 2 aliphatic heterocycles. The fraction of sp³-hybridized carbons (Fsp3) is 0.510. The third kappa shape index (κ3) is 10.5. The van der Waals surface area contributed by atoms with Crippen LogP contribution in [0.5, 0.6) is 0 Å². The summed E-state index contributed by atoms with van der Waals surface area (Å²) in [5.41, 5.74) is 9.56. The summed E-state index contributed by atoms with van der Waals surface area (Å²) in [4.78, 5) is 56.2. The standard InChI is InChI=1S/C51H65N4O5.Mg/c1-11-16-29(4)17-14-18-30(5)19-15-20-31(6)23-24-60-44(56)22-21-38-33(8)40-27-39-32(7)37(13-3)43(53-39)26-36-25-35(12-2)42(52-36)28-41-34(9)45-49(55-41)46(48(38)54-40)47(50(45)57)51(58)59-10;/h13,23,25-30,33,38,47H,3,11-12,14-22,24H2,1-2,4-10H3,(H-,54,55,57);/q-3;+2/p-1/b31-23-,36-26-,40-27-,42-28-;/t29-,30-,33+,38+,47-;/m1./s1. The molecule has 1 saturated heterocycles. The van der Waals surface area contributed by atoms with E-state index in [1.807, 2.05) is 44.2 Å². The number of aryl methyl sites for hydroxylation is 1. The van der Waals surface area contributed by atoms with Crippen LogP contribution in [-0.2, 0) is 25.5 Å². The van der Waals surface area contributed by atoms with E-state index in [9.17, 15) is 14.4 Å². The van der Waals surface area contributed by atoms with Gasteiger partial charge < -0.3 is 29.7 Å². The molecule has 0 radical (unpaired) electrons. The summed E-state index contributed by atoms with van der Waals surface area (Å²) in [6.07, 6.45) is 20.8. The van der Waals surface area contributed by atoms with Gasteiger partial charge in [-0.1, -0.05) is 138 Å². The van der Waals surface area contributed by atoms with Gasteiger partial charge in [0.2, 0.25) is 0 Å². The number of hydrogen-bond acceptors (Lipinski definition) is 5. The quantitative estimate of drug-likeness (QED) is 0.0538. The van der Waals surface area contributed by atoms with Gasteiger partial charge in [-0.2, -0.15) is 11.4 Å². The third-order valence-corrected chi connectivity index (χ3v) is 13.1. The number of Topliss-reactive ketones (excluding diaryl/α,β-unsaturated/α-hetero) is 1. The van der Waals surface area contributed by atoms with Crippen LogP contribution in [0.25, 0.3) is 35.2 Å². The molecular formula is C51H64MgN4O5-2. The Hall–Kier alpha value is -4.28. The van der Waals surface area contributed by atoms with Crippen molar-refractivity contribution in [3.63, 3.8) is 0 Å². The molecule has 6 rings (SSSR count). The number of nitrogens with zero attached hydrogens (tertiary/aromatic N) is 4. The van der Waals surface area contributed by atoms with Crippen LogP contribution in [0.1, 0.15) is 161 Å². The zero-order chi connectivity index (χ0) is 43.2. The molecule has 3 aromatic heterocycles. The van der Waals surface area contributed by atoms with Gasteiger partial charge in [0.15, 0.2) is 5.78 Å².